The molecule has 25 heavy (non-hydrogen) atoms. The van der Waals surface area contributed by atoms with Crippen molar-refractivity contribution >= 4 is 40.0 Å². The number of fused-ring (bicyclic) bond motifs is 5. The third-order valence-corrected chi connectivity index (χ3v) is 7.25. The van der Waals surface area contributed by atoms with Crippen LogP contribution >= 0.6 is 0 Å². The number of hydrogen-bond donors (Lipinski definition) is 2. The van der Waals surface area contributed by atoms with Gasteiger partial charge in [-0.1, -0.05) is 13.0 Å². The van der Waals surface area contributed by atoms with E-state index in [0.717, 1.165) is 44.1 Å². The molecule has 3 aliphatic rings. The normalized spacial score (nSPS) is 36.6. The Kier molecular flexibility index (Phi) is 5.35. The Balaban J connectivity index is 0.00000182. The number of benzene rings is 1. The molecule has 1 aromatic carbocycles. The van der Waals surface area contributed by atoms with Gasteiger partial charge in [-0.05, 0) is 85.0 Å². The molecule has 0 aliphatic heterocycles. The van der Waals surface area contributed by atoms with Gasteiger partial charge in [-0.2, -0.15) is 8.42 Å². The zero-order chi connectivity index (χ0) is 17.1. The molecular weight excluding hydrogens is 351 g/mol. The topological polar surface area (TPSA) is 83.8 Å². The second kappa shape index (κ2) is 6.80. The van der Waals surface area contributed by atoms with E-state index in [1.807, 2.05) is 6.07 Å². The zero-order valence-electron chi connectivity index (χ0n) is 14.8. The van der Waals surface area contributed by atoms with Gasteiger partial charge >= 0.3 is 10.4 Å². The third-order valence-electron chi connectivity index (χ3n) is 6.85. The van der Waals surface area contributed by atoms with E-state index in [4.69, 9.17) is 4.55 Å². The van der Waals surface area contributed by atoms with Crippen molar-refractivity contribution in [3.8, 4) is 5.75 Å². The molecule has 0 bridgehead atoms. The van der Waals surface area contributed by atoms with Gasteiger partial charge in [0, 0.05) is 29.6 Å². The van der Waals surface area contributed by atoms with Gasteiger partial charge in [-0.15, -0.1) is 0 Å². The number of hydrogen-bond acceptors (Lipinski definition) is 4. The summed E-state index contributed by atoms with van der Waals surface area (Å²) in [7, 11) is -4.48. The smallest absolute Gasteiger partial charge is 0.393 e. The van der Waals surface area contributed by atoms with E-state index in [9.17, 15) is 13.5 Å². The van der Waals surface area contributed by atoms with E-state index in [1.165, 1.54) is 5.56 Å². The molecule has 0 heterocycles. The summed E-state index contributed by atoms with van der Waals surface area (Å²) in [5.74, 6) is 1.83. The van der Waals surface area contributed by atoms with Crippen molar-refractivity contribution in [2.24, 2.45) is 17.3 Å². The van der Waals surface area contributed by atoms with Crippen LogP contribution in [0.4, 0.5) is 0 Å². The average Bonchev–Trinajstić information content (AvgIpc) is 2.81. The van der Waals surface area contributed by atoms with Crippen LogP contribution in [0.3, 0.4) is 0 Å². The van der Waals surface area contributed by atoms with E-state index in [2.05, 4.69) is 11.1 Å². The molecule has 0 spiro atoms. The van der Waals surface area contributed by atoms with Crippen molar-refractivity contribution < 1.29 is 22.3 Å². The summed E-state index contributed by atoms with van der Waals surface area (Å²) in [5, 5.41) is 10.4. The summed E-state index contributed by atoms with van der Waals surface area (Å²) in [6, 6.07) is 5.34. The van der Waals surface area contributed by atoms with Crippen molar-refractivity contribution in [2.75, 3.05) is 0 Å². The Labute approximate surface area is 171 Å². The van der Waals surface area contributed by atoms with Crippen LogP contribution in [-0.2, 0) is 16.8 Å². The quantitative estimate of drug-likeness (QED) is 0.613. The van der Waals surface area contributed by atoms with Crippen LogP contribution in [0.5, 0.6) is 5.75 Å². The molecule has 2 fully saturated rings. The average molecular weight is 375 g/mol. The largest absolute Gasteiger partial charge is 0.446 e. The molecule has 4 rings (SSSR count). The van der Waals surface area contributed by atoms with Crippen molar-refractivity contribution in [3.63, 3.8) is 0 Å². The minimum atomic E-state index is -4.48. The van der Waals surface area contributed by atoms with Crippen LogP contribution < -0.4 is 4.18 Å². The molecule has 0 aromatic heterocycles. The predicted octanol–water partition coefficient (Wildman–Crippen LogP) is 2.70. The van der Waals surface area contributed by atoms with Crippen LogP contribution in [0.25, 0.3) is 0 Å². The maximum Gasteiger partial charge on any atom is 0.446 e. The summed E-state index contributed by atoms with van der Waals surface area (Å²) in [6.45, 7) is 2.25. The second-order valence-corrected chi connectivity index (χ2v) is 8.95. The van der Waals surface area contributed by atoms with E-state index in [0.29, 0.717) is 17.8 Å². The Hall–Kier alpha value is -0.110. The van der Waals surface area contributed by atoms with Gasteiger partial charge in [0.05, 0.1) is 6.10 Å². The van der Waals surface area contributed by atoms with Gasteiger partial charge in [0.2, 0.25) is 0 Å². The fourth-order valence-electron chi connectivity index (χ4n) is 5.70. The molecule has 2 N–H and O–H groups in total. The van der Waals surface area contributed by atoms with E-state index >= 15 is 0 Å². The molecule has 5 atom stereocenters. The van der Waals surface area contributed by atoms with Crippen LogP contribution in [0.1, 0.15) is 56.1 Å². The van der Waals surface area contributed by atoms with Gasteiger partial charge in [0.1, 0.15) is 5.75 Å². The molecule has 1 radical (unpaired) electrons. The van der Waals surface area contributed by atoms with Crippen LogP contribution in [0.15, 0.2) is 18.2 Å². The number of aliphatic hydroxyl groups excluding tert-OH is 1. The van der Waals surface area contributed by atoms with Gasteiger partial charge < -0.3 is 9.29 Å². The Bertz CT molecular complexity index is 765. The molecule has 1 aromatic rings. The van der Waals surface area contributed by atoms with Crippen LogP contribution in [0, 0.1) is 17.3 Å². The molecular formula is C18H24NaO5S. The molecule has 0 amide bonds. The molecule has 5 nitrogen and oxygen atoms in total. The van der Waals surface area contributed by atoms with E-state index in [-0.39, 0.29) is 46.8 Å². The second-order valence-electron chi connectivity index (χ2n) is 7.92. The van der Waals surface area contributed by atoms with Crippen molar-refractivity contribution in [2.45, 2.75) is 57.5 Å². The van der Waals surface area contributed by atoms with Gasteiger partial charge in [0.15, 0.2) is 0 Å². The van der Waals surface area contributed by atoms with Crippen molar-refractivity contribution in [3.05, 3.63) is 29.3 Å². The first-order chi connectivity index (χ1) is 11.3. The van der Waals surface area contributed by atoms with Gasteiger partial charge in [0.25, 0.3) is 0 Å². The molecule has 133 valence electrons. The Morgan fingerprint density at radius 3 is 2.68 bits per heavy atom. The first-order valence-corrected chi connectivity index (χ1v) is 10.1. The fraction of sp³-hybridized carbons (Fsp3) is 0.667. The fourth-order valence-corrected chi connectivity index (χ4v) is 6.05. The van der Waals surface area contributed by atoms with E-state index < -0.39 is 10.4 Å². The number of aliphatic hydroxyl groups is 1. The first-order valence-electron chi connectivity index (χ1n) is 8.76. The van der Waals surface area contributed by atoms with Gasteiger partial charge in [-0.3, -0.25) is 4.55 Å². The summed E-state index contributed by atoms with van der Waals surface area (Å²) < 4.78 is 35.2. The summed E-state index contributed by atoms with van der Waals surface area (Å²) in [4.78, 5) is 0. The monoisotopic (exact) mass is 375 g/mol. The molecule has 2 saturated carbocycles. The summed E-state index contributed by atoms with van der Waals surface area (Å²) in [6.07, 6.45) is 5.93. The molecule has 0 unspecified atom stereocenters. The SMILES string of the molecule is C[C@]12CC[C@@H]3c4ccc(OS(=O)(=O)O)cc4CC[C@H]3[C@@H]1CC[C@@H]2O.[Na]. The minimum Gasteiger partial charge on any atom is -0.393 e. The zero-order valence-corrected chi connectivity index (χ0v) is 17.6. The van der Waals surface area contributed by atoms with Crippen molar-refractivity contribution in [1.29, 1.82) is 0 Å². The standard InChI is InChI=1S/C18H24O5S.Na/c1-18-9-8-14-13-5-3-12(23-24(20,21)22)10-11(13)2-4-15(14)16(18)6-7-17(18)19;/h3,5,10,14-17,19H,2,4,6-9H2,1H3,(H,20,21,22);/t14-,15-,16+,17+,18+;/m1./s1. The summed E-state index contributed by atoms with van der Waals surface area (Å²) >= 11 is 0. The van der Waals surface area contributed by atoms with Crippen molar-refractivity contribution in [1.82, 2.24) is 0 Å². The molecule has 0 saturated heterocycles. The summed E-state index contributed by atoms with van der Waals surface area (Å²) in [5.41, 5.74) is 2.48. The van der Waals surface area contributed by atoms with Crippen LogP contribution in [-0.4, -0.2) is 53.7 Å². The Morgan fingerprint density at radius 2 is 1.96 bits per heavy atom. The molecule has 7 heteroatoms. The Morgan fingerprint density at radius 1 is 1.20 bits per heavy atom. The first kappa shape index (κ1) is 19.6. The number of rotatable bonds is 2. The van der Waals surface area contributed by atoms with E-state index in [1.54, 1.807) is 12.1 Å². The maximum atomic E-state index is 10.9. The maximum absolute atomic E-state index is 10.9. The third kappa shape index (κ3) is 3.42. The van der Waals surface area contributed by atoms with Crippen LogP contribution in [0.2, 0.25) is 0 Å². The number of aryl methyl sites for hydroxylation is 1. The predicted molar refractivity (Wildman–Crippen MR) is 95.0 cm³/mol. The van der Waals surface area contributed by atoms with Gasteiger partial charge in [-0.25, -0.2) is 0 Å². The molecule has 3 aliphatic carbocycles. The minimum absolute atomic E-state index is 0.